The molecule has 0 spiro atoms. The number of benzene rings is 1. The van der Waals surface area contributed by atoms with E-state index in [2.05, 4.69) is 46.4 Å². The van der Waals surface area contributed by atoms with Gasteiger partial charge in [0, 0.05) is 23.5 Å². The van der Waals surface area contributed by atoms with Crippen LogP contribution in [0, 0.1) is 5.92 Å². The molecule has 1 aromatic rings. The monoisotopic (exact) mass is 323 g/mol. The highest BCUT2D eigenvalue weighted by atomic mass is 79.9. The van der Waals surface area contributed by atoms with Crippen molar-refractivity contribution in [2.24, 2.45) is 5.92 Å². The molecule has 0 radical (unpaired) electrons. The zero-order valence-electron chi connectivity index (χ0n) is 11.5. The molecule has 3 heteroatoms. The van der Waals surface area contributed by atoms with Crippen molar-refractivity contribution in [2.75, 3.05) is 6.54 Å². The highest BCUT2D eigenvalue weighted by molar-refractivity contribution is 9.10. The van der Waals surface area contributed by atoms with E-state index in [-0.39, 0.29) is 0 Å². The van der Waals surface area contributed by atoms with E-state index in [1.807, 2.05) is 0 Å². The molecule has 3 rings (SSSR count). The van der Waals surface area contributed by atoms with E-state index in [4.69, 9.17) is 4.74 Å². The molecule has 0 amide bonds. The molecule has 1 N–H and O–H groups in total. The van der Waals surface area contributed by atoms with E-state index in [1.165, 1.54) is 31.2 Å². The fourth-order valence-corrected chi connectivity index (χ4v) is 3.57. The van der Waals surface area contributed by atoms with Crippen molar-refractivity contribution in [3.8, 4) is 5.75 Å². The molecule has 1 aliphatic carbocycles. The van der Waals surface area contributed by atoms with Crippen LogP contribution in [0.3, 0.4) is 0 Å². The van der Waals surface area contributed by atoms with Gasteiger partial charge in [-0.1, -0.05) is 22.9 Å². The van der Waals surface area contributed by atoms with Crippen LogP contribution in [0.5, 0.6) is 5.75 Å². The number of hydrogen-bond acceptors (Lipinski definition) is 2. The van der Waals surface area contributed by atoms with Gasteiger partial charge in [0.15, 0.2) is 0 Å². The Labute approximate surface area is 124 Å². The first-order chi connectivity index (χ1) is 9.20. The zero-order valence-corrected chi connectivity index (χ0v) is 13.1. The Morgan fingerprint density at radius 1 is 1.26 bits per heavy atom. The average Bonchev–Trinajstić information content (AvgIpc) is 2.80. The van der Waals surface area contributed by atoms with Crippen molar-refractivity contribution in [2.45, 2.75) is 51.2 Å². The van der Waals surface area contributed by atoms with Gasteiger partial charge in [-0.25, -0.2) is 0 Å². The first-order valence-electron chi connectivity index (χ1n) is 7.39. The van der Waals surface area contributed by atoms with Crippen LogP contribution in [0.15, 0.2) is 22.7 Å². The van der Waals surface area contributed by atoms with Crippen LogP contribution >= 0.6 is 15.9 Å². The van der Waals surface area contributed by atoms with E-state index in [0.717, 1.165) is 29.1 Å². The summed E-state index contributed by atoms with van der Waals surface area (Å²) in [5, 5.41) is 3.70. The molecule has 0 aromatic heterocycles. The van der Waals surface area contributed by atoms with Crippen LogP contribution in [0.1, 0.15) is 38.2 Å². The minimum atomic E-state index is 0.309. The van der Waals surface area contributed by atoms with Crippen LogP contribution in [0.4, 0.5) is 0 Å². The SMILES string of the molecule is CC1CCC(NCC2Cc3cc(Br)ccc3O2)CC1. The molecule has 0 bridgehead atoms. The Balaban J connectivity index is 1.48. The van der Waals surface area contributed by atoms with Gasteiger partial charge in [0.05, 0.1) is 0 Å². The molecule has 1 saturated carbocycles. The molecule has 104 valence electrons. The third-order valence-electron chi connectivity index (χ3n) is 4.41. The molecule has 19 heavy (non-hydrogen) atoms. The number of hydrogen-bond donors (Lipinski definition) is 1. The summed E-state index contributed by atoms with van der Waals surface area (Å²) in [6.45, 7) is 3.34. The highest BCUT2D eigenvalue weighted by Gasteiger charge is 2.24. The molecular formula is C16H22BrNO. The van der Waals surface area contributed by atoms with E-state index in [9.17, 15) is 0 Å². The Kier molecular flexibility index (Phi) is 4.13. The number of fused-ring (bicyclic) bond motifs is 1. The Hall–Kier alpha value is -0.540. The van der Waals surface area contributed by atoms with Crippen LogP contribution in [-0.4, -0.2) is 18.7 Å². The van der Waals surface area contributed by atoms with Gasteiger partial charge < -0.3 is 10.1 Å². The third-order valence-corrected chi connectivity index (χ3v) is 4.91. The average molecular weight is 324 g/mol. The summed E-state index contributed by atoms with van der Waals surface area (Å²) in [6, 6.07) is 7.01. The zero-order chi connectivity index (χ0) is 13.2. The highest BCUT2D eigenvalue weighted by Crippen LogP contribution is 2.31. The quantitative estimate of drug-likeness (QED) is 0.910. The molecule has 2 aliphatic rings. The number of ether oxygens (including phenoxy) is 1. The maximum absolute atomic E-state index is 5.99. The standard InChI is InChI=1S/C16H22BrNO/c1-11-2-5-14(6-3-11)18-10-15-9-12-8-13(17)4-7-16(12)19-15/h4,7-8,11,14-15,18H,2-3,5-6,9-10H2,1H3. The van der Waals surface area contributed by atoms with Gasteiger partial charge in [-0.05, 0) is 55.4 Å². The summed E-state index contributed by atoms with van der Waals surface area (Å²) in [7, 11) is 0. The Bertz CT molecular complexity index is 440. The topological polar surface area (TPSA) is 21.3 Å². The fraction of sp³-hybridized carbons (Fsp3) is 0.625. The third kappa shape index (κ3) is 3.32. The van der Waals surface area contributed by atoms with Crippen molar-refractivity contribution in [3.05, 3.63) is 28.2 Å². The van der Waals surface area contributed by atoms with Crippen LogP contribution in [-0.2, 0) is 6.42 Å². The van der Waals surface area contributed by atoms with Crippen molar-refractivity contribution < 1.29 is 4.74 Å². The summed E-state index contributed by atoms with van der Waals surface area (Å²) in [5.74, 6) is 1.98. The molecule has 0 saturated heterocycles. The lowest BCUT2D eigenvalue weighted by Gasteiger charge is -2.27. The summed E-state index contributed by atoms with van der Waals surface area (Å²) >= 11 is 3.52. The second kappa shape index (κ2) is 5.84. The second-order valence-corrected chi connectivity index (χ2v) is 6.98. The first-order valence-corrected chi connectivity index (χ1v) is 8.18. The first kappa shape index (κ1) is 13.4. The van der Waals surface area contributed by atoms with Crippen molar-refractivity contribution >= 4 is 15.9 Å². The molecule has 2 nitrogen and oxygen atoms in total. The summed E-state index contributed by atoms with van der Waals surface area (Å²) in [5.41, 5.74) is 1.33. The van der Waals surface area contributed by atoms with Gasteiger partial charge in [0.1, 0.15) is 11.9 Å². The van der Waals surface area contributed by atoms with Crippen LogP contribution in [0.25, 0.3) is 0 Å². The summed E-state index contributed by atoms with van der Waals surface area (Å²) in [4.78, 5) is 0. The number of rotatable bonds is 3. The minimum absolute atomic E-state index is 0.309. The number of halogens is 1. The molecule has 1 unspecified atom stereocenters. The maximum atomic E-state index is 5.99. The summed E-state index contributed by atoms with van der Waals surface area (Å²) < 4.78 is 7.13. The maximum Gasteiger partial charge on any atom is 0.123 e. The van der Waals surface area contributed by atoms with Gasteiger partial charge in [0.25, 0.3) is 0 Å². The lowest BCUT2D eigenvalue weighted by Crippen LogP contribution is -2.39. The van der Waals surface area contributed by atoms with E-state index >= 15 is 0 Å². The van der Waals surface area contributed by atoms with Crippen molar-refractivity contribution in [1.29, 1.82) is 0 Å². The number of nitrogens with one attached hydrogen (secondary N) is 1. The summed E-state index contributed by atoms with van der Waals surface area (Å²) in [6.07, 6.45) is 6.74. The Morgan fingerprint density at radius 2 is 2.05 bits per heavy atom. The smallest absolute Gasteiger partial charge is 0.123 e. The fourth-order valence-electron chi connectivity index (χ4n) is 3.17. The largest absolute Gasteiger partial charge is 0.488 e. The molecule has 1 heterocycles. The van der Waals surface area contributed by atoms with Gasteiger partial charge in [-0.2, -0.15) is 0 Å². The van der Waals surface area contributed by atoms with Crippen molar-refractivity contribution in [3.63, 3.8) is 0 Å². The van der Waals surface area contributed by atoms with Gasteiger partial charge in [-0.3, -0.25) is 0 Å². The van der Waals surface area contributed by atoms with Gasteiger partial charge in [-0.15, -0.1) is 0 Å². The van der Waals surface area contributed by atoms with E-state index in [1.54, 1.807) is 0 Å². The van der Waals surface area contributed by atoms with Gasteiger partial charge in [0.2, 0.25) is 0 Å². The van der Waals surface area contributed by atoms with E-state index in [0.29, 0.717) is 12.1 Å². The Morgan fingerprint density at radius 3 is 2.84 bits per heavy atom. The van der Waals surface area contributed by atoms with Crippen molar-refractivity contribution in [1.82, 2.24) is 5.32 Å². The van der Waals surface area contributed by atoms with E-state index < -0.39 is 0 Å². The normalized spacial score (nSPS) is 29.9. The molecule has 1 aliphatic heterocycles. The predicted octanol–water partition coefficient (Wildman–Crippen LogP) is 3.92. The van der Waals surface area contributed by atoms with Gasteiger partial charge >= 0.3 is 0 Å². The minimum Gasteiger partial charge on any atom is -0.488 e. The molecule has 1 fully saturated rings. The lowest BCUT2D eigenvalue weighted by atomic mass is 9.87. The lowest BCUT2D eigenvalue weighted by molar-refractivity contribution is 0.209. The molecule has 1 aromatic carbocycles. The van der Waals surface area contributed by atoms with Crippen LogP contribution < -0.4 is 10.1 Å². The van der Waals surface area contributed by atoms with Crippen LogP contribution in [0.2, 0.25) is 0 Å². The predicted molar refractivity (Wildman–Crippen MR) is 81.7 cm³/mol. The molecular weight excluding hydrogens is 302 g/mol. The molecule has 1 atom stereocenters. The second-order valence-electron chi connectivity index (χ2n) is 6.06.